The highest BCUT2D eigenvalue weighted by Gasteiger charge is 2.37. The molecule has 55 heavy (non-hydrogen) atoms. The van der Waals surface area contributed by atoms with Crippen molar-refractivity contribution in [3.63, 3.8) is 0 Å². The molecule has 6 atom stereocenters. The zero-order chi connectivity index (χ0) is 41.4. The van der Waals surface area contributed by atoms with Crippen LogP contribution in [0.4, 0.5) is 0 Å². The predicted octanol–water partition coefficient (Wildman–Crippen LogP) is 2.51. The Morgan fingerprint density at radius 3 is 1.93 bits per heavy atom. The SMILES string of the molecule is CC[C@H](C)[C@H](NC(=O)[C@H](C(C)C)N(C)C(=O)CCc1ccccc1)C(=O)N[C@@H](CC(=O)N1CCCC1)C(=S)N[C@@H](CC(=O)O)C(=O)N[C@@H](CC(C)C)C(=O)O. The molecule has 2 rings (SSSR count). The van der Waals surface area contributed by atoms with E-state index >= 15 is 0 Å². The standard InChI is InChI=1S/C39H60N6O9S/c1-8-25(6)33(43-37(52)34(24(4)5)44(7)30(46)17-16-26-14-10-9-11-15-26)36(51)40-28(21-31(47)45-18-12-13-19-45)38(55)42-27(22-32(48)49)35(50)41-29(39(53)54)20-23(2)3/h9-11,14-15,23-25,27-29,33-34H,8,12-13,16-22H2,1-7H3,(H,40,51)(H,41,50)(H,42,55)(H,43,52)(H,48,49)(H,53,54)/t25-,27-,28-,29-,33-,34-/m0/s1. The van der Waals surface area contributed by atoms with Gasteiger partial charge in [-0.2, -0.15) is 0 Å². The topological polar surface area (TPSA) is 215 Å². The number of carboxylic acid groups (broad SMARTS) is 2. The molecule has 1 aliphatic heterocycles. The first-order chi connectivity index (χ1) is 25.9. The summed E-state index contributed by atoms with van der Waals surface area (Å²) < 4.78 is 0. The van der Waals surface area contributed by atoms with Crippen LogP contribution in [0.15, 0.2) is 30.3 Å². The highest BCUT2D eigenvalue weighted by molar-refractivity contribution is 7.80. The van der Waals surface area contributed by atoms with Gasteiger partial charge in [0.2, 0.25) is 29.5 Å². The van der Waals surface area contributed by atoms with Crippen molar-refractivity contribution in [2.24, 2.45) is 17.8 Å². The number of carbonyl (C=O) groups is 7. The van der Waals surface area contributed by atoms with E-state index in [0.29, 0.717) is 25.9 Å². The first-order valence-corrected chi connectivity index (χ1v) is 19.5. The molecule has 5 amide bonds. The number of nitrogens with zero attached hydrogens (tertiary/aromatic N) is 2. The molecule has 1 aromatic rings. The lowest BCUT2D eigenvalue weighted by Crippen LogP contribution is -2.61. The van der Waals surface area contributed by atoms with Crippen LogP contribution in [0.25, 0.3) is 0 Å². The molecule has 0 radical (unpaired) electrons. The fourth-order valence-corrected chi connectivity index (χ4v) is 6.74. The number of aryl methyl sites for hydroxylation is 1. The van der Waals surface area contributed by atoms with E-state index in [1.54, 1.807) is 46.6 Å². The Labute approximate surface area is 329 Å². The number of carboxylic acids is 2. The minimum atomic E-state index is -1.54. The molecule has 6 N–H and O–H groups in total. The van der Waals surface area contributed by atoms with E-state index < -0.39 is 72.2 Å². The third-order valence-electron chi connectivity index (χ3n) is 9.78. The van der Waals surface area contributed by atoms with E-state index in [0.717, 1.165) is 18.4 Å². The quantitative estimate of drug-likeness (QED) is 0.0940. The van der Waals surface area contributed by atoms with Gasteiger partial charge < -0.3 is 41.3 Å². The summed E-state index contributed by atoms with van der Waals surface area (Å²) in [5.41, 5.74) is 0.985. The summed E-state index contributed by atoms with van der Waals surface area (Å²) in [7, 11) is 1.56. The average Bonchev–Trinajstić information content (AvgIpc) is 3.67. The Morgan fingerprint density at radius 1 is 0.800 bits per heavy atom. The molecule has 15 nitrogen and oxygen atoms in total. The smallest absolute Gasteiger partial charge is 0.326 e. The minimum absolute atomic E-state index is 0.0896. The number of likely N-dealkylation sites (tertiary alicyclic amines) is 1. The van der Waals surface area contributed by atoms with Gasteiger partial charge in [0.15, 0.2) is 0 Å². The van der Waals surface area contributed by atoms with Crippen LogP contribution < -0.4 is 21.3 Å². The van der Waals surface area contributed by atoms with Crippen LogP contribution in [-0.4, -0.2) is 117 Å². The monoisotopic (exact) mass is 788 g/mol. The van der Waals surface area contributed by atoms with E-state index in [4.69, 9.17) is 12.2 Å². The molecule has 1 heterocycles. The Hall–Kier alpha value is -4.60. The molecule has 0 spiro atoms. The molecule has 0 aromatic heterocycles. The van der Waals surface area contributed by atoms with Crippen LogP contribution in [-0.2, 0) is 40.0 Å². The lowest BCUT2D eigenvalue weighted by molar-refractivity contribution is -0.143. The predicted molar refractivity (Wildman–Crippen MR) is 211 cm³/mol. The maximum absolute atomic E-state index is 14.1. The summed E-state index contributed by atoms with van der Waals surface area (Å²) in [5, 5.41) is 30.0. The molecule has 0 unspecified atom stereocenters. The second kappa shape index (κ2) is 22.7. The Kier molecular flexibility index (Phi) is 19.2. The number of hydrogen-bond donors (Lipinski definition) is 6. The van der Waals surface area contributed by atoms with E-state index in [1.165, 1.54) is 4.90 Å². The van der Waals surface area contributed by atoms with Gasteiger partial charge in [-0.3, -0.25) is 28.8 Å². The molecule has 1 aliphatic rings. The third-order valence-corrected chi connectivity index (χ3v) is 10.2. The number of hydrogen-bond acceptors (Lipinski definition) is 8. The van der Waals surface area contributed by atoms with Crippen molar-refractivity contribution in [2.45, 2.75) is 123 Å². The zero-order valence-electron chi connectivity index (χ0n) is 33.1. The maximum atomic E-state index is 14.1. The van der Waals surface area contributed by atoms with Crippen molar-refractivity contribution in [3.05, 3.63) is 35.9 Å². The number of likely N-dealkylation sites (N-methyl/N-ethyl adjacent to an activating group) is 1. The number of thiocarbonyl (C=S) groups is 1. The fourth-order valence-electron chi connectivity index (χ4n) is 6.46. The van der Waals surface area contributed by atoms with Crippen LogP contribution in [0.3, 0.4) is 0 Å². The lowest BCUT2D eigenvalue weighted by atomic mass is 9.95. The second-order valence-corrected chi connectivity index (χ2v) is 15.5. The van der Waals surface area contributed by atoms with Gasteiger partial charge in [0.25, 0.3) is 0 Å². The van der Waals surface area contributed by atoms with Gasteiger partial charge in [0.1, 0.15) is 24.2 Å². The molecule has 0 bridgehead atoms. The van der Waals surface area contributed by atoms with Crippen LogP contribution in [0.5, 0.6) is 0 Å². The van der Waals surface area contributed by atoms with Gasteiger partial charge >= 0.3 is 11.9 Å². The molecule has 1 fully saturated rings. The maximum Gasteiger partial charge on any atom is 0.326 e. The molecule has 0 aliphatic carbocycles. The summed E-state index contributed by atoms with van der Waals surface area (Å²) in [5.74, 6) is -6.19. The van der Waals surface area contributed by atoms with Crippen LogP contribution in [0.1, 0.15) is 92.1 Å². The van der Waals surface area contributed by atoms with Gasteiger partial charge in [-0.05, 0) is 49.0 Å². The number of benzene rings is 1. The van der Waals surface area contributed by atoms with E-state index in [-0.39, 0.29) is 47.9 Å². The lowest BCUT2D eigenvalue weighted by Gasteiger charge is -2.33. The van der Waals surface area contributed by atoms with Gasteiger partial charge in [0, 0.05) is 26.6 Å². The normalized spacial score (nSPS) is 15.9. The molecular weight excluding hydrogens is 729 g/mol. The Morgan fingerprint density at radius 2 is 1.40 bits per heavy atom. The van der Waals surface area contributed by atoms with Crippen molar-refractivity contribution in [1.82, 2.24) is 31.1 Å². The summed E-state index contributed by atoms with van der Waals surface area (Å²) in [4.78, 5) is 94.4. The summed E-state index contributed by atoms with van der Waals surface area (Å²) in [6.07, 6.45) is 1.74. The van der Waals surface area contributed by atoms with Crippen LogP contribution >= 0.6 is 12.2 Å². The number of aliphatic carboxylic acids is 2. The van der Waals surface area contributed by atoms with Gasteiger partial charge in [0.05, 0.1) is 23.9 Å². The number of nitrogens with one attached hydrogen (secondary N) is 4. The highest BCUT2D eigenvalue weighted by Crippen LogP contribution is 2.17. The average molecular weight is 789 g/mol. The van der Waals surface area contributed by atoms with E-state index in [9.17, 15) is 43.8 Å². The fraction of sp³-hybridized carbons (Fsp3) is 0.641. The molecule has 306 valence electrons. The van der Waals surface area contributed by atoms with Crippen molar-refractivity contribution in [2.75, 3.05) is 20.1 Å². The molecule has 0 saturated carbocycles. The summed E-state index contributed by atoms with van der Waals surface area (Å²) in [6.45, 7) is 11.8. The number of amides is 5. The van der Waals surface area contributed by atoms with Crippen molar-refractivity contribution < 1.29 is 43.8 Å². The van der Waals surface area contributed by atoms with E-state index in [2.05, 4.69) is 21.3 Å². The van der Waals surface area contributed by atoms with Crippen LogP contribution in [0.2, 0.25) is 0 Å². The number of rotatable bonds is 22. The Balaban J connectivity index is 2.35. The van der Waals surface area contributed by atoms with Crippen molar-refractivity contribution in [3.8, 4) is 0 Å². The van der Waals surface area contributed by atoms with Crippen molar-refractivity contribution >= 4 is 58.7 Å². The summed E-state index contributed by atoms with van der Waals surface area (Å²) in [6, 6.07) is 3.44. The minimum Gasteiger partial charge on any atom is -0.481 e. The molecule has 1 saturated heterocycles. The van der Waals surface area contributed by atoms with E-state index in [1.807, 2.05) is 37.3 Å². The Bertz CT molecular complexity index is 1500. The third kappa shape index (κ3) is 15.2. The first kappa shape index (κ1) is 46.6. The largest absolute Gasteiger partial charge is 0.481 e. The van der Waals surface area contributed by atoms with Gasteiger partial charge in [-0.25, -0.2) is 4.79 Å². The number of carbonyl (C=O) groups excluding carboxylic acids is 5. The molecular formula is C39H60N6O9S. The summed E-state index contributed by atoms with van der Waals surface area (Å²) >= 11 is 5.62. The van der Waals surface area contributed by atoms with Gasteiger partial charge in [-0.1, -0.05) is 90.5 Å². The molecule has 1 aromatic carbocycles. The van der Waals surface area contributed by atoms with Gasteiger partial charge in [-0.15, -0.1) is 0 Å². The van der Waals surface area contributed by atoms with Crippen LogP contribution in [0, 0.1) is 17.8 Å². The highest BCUT2D eigenvalue weighted by atomic mass is 32.1. The zero-order valence-corrected chi connectivity index (χ0v) is 33.9. The van der Waals surface area contributed by atoms with Crippen molar-refractivity contribution in [1.29, 1.82) is 0 Å². The second-order valence-electron chi connectivity index (χ2n) is 15.1. The first-order valence-electron chi connectivity index (χ1n) is 19.1. The molecule has 16 heteroatoms.